The van der Waals surface area contributed by atoms with Gasteiger partial charge in [-0.05, 0) is 23.6 Å². The van der Waals surface area contributed by atoms with Gasteiger partial charge in [-0.15, -0.1) is 0 Å². The van der Waals surface area contributed by atoms with Gasteiger partial charge in [-0.3, -0.25) is 0 Å². The summed E-state index contributed by atoms with van der Waals surface area (Å²) in [5.41, 5.74) is 0.0967. The monoisotopic (exact) mass is 460 g/mol. The van der Waals surface area contributed by atoms with E-state index in [4.69, 9.17) is 4.74 Å². The summed E-state index contributed by atoms with van der Waals surface area (Å²) >= 11 is 3.49. The summed E-state index contributed by atoms with van der Waals surface area (Å²) < 4.78 is 48.0. The molecule has 7 heteroatoms. The van der Waals surface area contributed by atoms with Gasteiger partial charge in [-0.1, -0.05) is 64.5 Å². The quantitative estimate of drug-likeness (QED) is 0.437. The number of benzene rings is 3. The number of hydrogen-bond acceptors (Lipinski definition) is 3. The van der Waals surface area contributed by atoms with Gasteiger partial charge >= 0.3 is 6.18 Å². The third kappa shape index (κ3) is 3.62. The van der Waals surface area contributed by atoms with E-state index in [1.54, 1.807) is 42.6 Å². The van der Waals surface area contributed by atoms with Crippen molar-refractivity contribution in [3.63, 3.8) is 0 Å². The van der Waals surface area contributed by atoms with Crippen molar-refractivity contribution in [1.82, 2.24) is 0 Å². The number of ether oxygens (including phenoxy) is 1. The lowest BCUT2D eigenvalue weighted by atomic mass is 9.92. The van der Waals surface area contributed by atoms with Crippen LogP contribution in [0.1, 0.15) is 11.5 Å². The highest BCUT2D eigenvalue weighted by Gasteiger charge is 2.43. The summed E-state index contributed by atoms with van der Waals surface area (Å²) in [6.45, 7) is 0. The van der Waals surface area contributed by atoms with Crippen LogP contribution in [0, 0.1) is 0 Å². The van der Waals surface area contributed by atoms with Crippen molar-refractivity contribution in [3.8, 4) is 5.75 Å². The van der Waals surface area contributed by atoms with Gasteiger partial charge in [0.2, 0.25) is 0 Å². The van der Waals surface area contributed by atoms with Gasteiger partial charge in [0.25, 0.3) is 0 Å². The van der Waals surface area contributed by atoms with E-state index in [2.05, 4.69) is 21.0 Å². The van der Waals surface area contributed by atoms with Crippen molar-refractivity contribution in [2.24, 2.45) is 5.10 Å². The van der Waals surface area contributed by atoms with Crippen LogP contribution < -0.4 is 9.75 Å². The molecule has 3 aromatic rings. The van der Waals surface area contributed by atoms with Crippen LogP contribution in [0.5, 0.6) is 5.75 Å². The molecule has 0 amide bonds. The molecule has 0 saturated carbocycles. The minimum atomic E-state index is -4.60. The first-order chi connectivity index (χ1) is 13.9. The molecular formula is C22H16BrF3N2O. The predicted molar refractivity (Wildman–Crippen MR) is 112 cm³/mol. The first kappa shape index (κ1) is 19.5. The summed E-state index contributed by atoms with van der Waals surface area (Å²) in [6, 6.07) is 17.7. The van der Waals surface area contributed by atoms with Crippen LogP contribution in [0.2, 0.25) is 0 Å². The second kappa shape index (κ2) is 7.55. The fourth-order valence-corrected chi connectivity index (χ4v) is 3.94. The molecule has 29 heavy (non-hydrogen) atoms. The molecule has 0 saturated heterocycles. The number of hydrogen-bond donors (Lipinski definition) is 0. The fraction of sp³-hybridized carbons (Fsp3) is 0.136. The van der Waals surface area contributed by atoms with Gasteiger partial charge in [0.05, 0.1) is 18.7 Å². The van der Waals surface area contributed by atoms with E-state index in [9.17, 15) is 13.2 Å². The molecule has 148 valence electrons. The Bertz CT molecular complexity index is 1120. The molecule has 0 spiro atoms. The van der Waals surface area contributed by atoms with Crippen molar-refractivity contribution in [1.29, 1.82) is 0 Å². The average Bonchev–Trinajstić information content (AvgIpc) is 2.73. The Balaban J connectivity index is 1.84. The predicted octanol–water partition coefficient (Wildman–Crippen LogP) is 6.65. The second-order valence-electron chi connectivity index (χ2n) is 6.50. The maximum Gasteiger partial charge on any atom is 0.432 e. The molecule has 4 rings (SSSR count). The summed E-state index contributed by atoms with van der Waals surface area (Å²) in [5.74, 6) is -0.661. The van der Waals surface area contributed by atoms with Crippen molar-refractivity contribution < 1.29 is 17.9 Å². The zero-order valence-corrected chi connectivity index (χ0v) is 16.9. The topological polar surface area (TPSA) is 24.8 Å². The zero-order chi connectivity index (χ0) is 20.6. The van der Waals surface area contributed by atoms with Crippen LogP contribution >= 0.6 is 15.9 Å². The second-order valence-corrected chi connectivity index (χ2v) is 7.36. The number of rotatable bonds is 3. The highest BCUT2D eigenvalue weighted by Crippen LogP contribution is 2.39. The molecule has 0 fully saturated rings. The molecule has 0 aliphatic carbocycles. The van der Waals surface area contributed by atoms with Crippen LogP contribution in [-0.2, 0) is 0 Å². The minimum absolute atomic E-state index is 0.390. The lowest BCUT2D eigenvalue weighted by Crippen LogP contribution is -2.34. The first-order valence-corrected chi connectivity index (χ1v) is 9.63. The lowest BCUT2D eigenvalue weighted by molar-refractivity contribution is -0.0611. The van der Waals surface area contributed by atoms with Crippen LogP contribution in [0.4, 0.5) is 18.9 Å². The summed E-state index contributed by atoms with van der Waals surface area (Å²) in [4.78, 5) is 0. The van der Waals surface area contributed by atoms with E-state index in [0.717, 1.165) is 15.2 Å². The van der Waals surface area contributed by atoms with Gasteiger partial charge < -0.3 is 4.74 Å². The number of alkyl halides is 3. The molecule has 0 aromatic heterocycles. The Morgan fingerprint density at radius 2 is 1.66 bits per heavy atom. The van der Waals surface area contributed by atoms with Crippen molar-refractivity contribution in [3.05, 3.63) is 83.0 Å². The smallest absolute Gasteiger partial charge is 0.432 e. The van der Waals surface area contributed by atoms with Gasteiger partial charge in [-0.25, -0.2) is 5.01 Å². The van der Waals surface area contributed by atoms with E-state index in [-0.39, 0.29) is 0 Å². The molecule has 0 radical (unpaired) electrons. The standard InChI is InChI=1S/C22H16BrF3N2O/c1-29-20-9-5-4-8-16(20)17-12-13-28(27-21(17)22(24,25)26)19-11-10-18(23)14-6-2-3-7-15(14)19/h2-13,17H,1H3/t17-/m0/s1. The normalized spacial score (nSPS) is 16.8. The van der Waals surface area contributed by atoms with Gasteiger partial charge in [-0.2, -0.15) is 18.3 Å². The molecule has 0 bridgehead atoms. The molecule has 3 nitrogen and oxygen atoms in total. The molecule has 1 heterocycles. The Labute approximate surface area is 174 Å². The highest BCUT2D eigenvalue weighted by molar-refractivity contribution is 9.10. The van der Waals surface area contributed by atoms with E-state index in [1.165, 1.54) is 18.2 Å². The van der Waals surface area contributed by atoms with Gasteiger partial charge in [0, 0.05) is 21.6 Å². The Kier molecular flexibility index (Phi) is 5.08. The lowest BCUT2D eigenvalue weighted by Gasteiger charge is -2.28. The largest absolute Gasteiger partial charge is 0.496 e. The Morgan fingerprint density at radius 1 is 0.966 bits per heavy atom. The molecule has 0 N–H and O–H groups in total. The number of halogens is 4. The van der Waals surface area contributed by atoms with Crippen molar-refractivity contribution in [2.45, 2.75) is 12.1 Å². The van der Waals surface area contributed by atoms with E-state index < -0.39 is 17.8 Å². The zero-order valence-electron chi connectivity index (χ0n) is 15.3. The van der Waals surface area contributed by atoms with Gasteiger partial charge in [0.1, 0.15) is 5.75 Å². The average molecular weight is 461 g/mol. The minimum Gasteiger partial charge on any atom is -0.496 e. The fourth-order valence-electron chi connectivity index (χ4n) is 3.46. The molecule has 1 aliphatic heterocycles. The highest BCUT2D eigenvalue weighted by atomic mass is 79.9. The molecule has 1 aliphatic rings. The van der Waals surface area contributed by atoms with Crippen LogP contribution in [0.15, 0.2) is 82.5 Å². The Hall–Kier alpha value is -2.80. The number of nitrogens with zero attached hydrogens (tertiary/aromatic N) is 2. The maximum absolute atomic E-state index is 13.9. The number of hydrazone groups is 1. The van der Waals surface area contributed by atoms with Crippen molar-refractivity contribution >= 4 is 38.1 Å². The number of allylic oxidation sites excluding steroid dienone is 1. The number of fused-ring (bicyclic) bond motifs is 1. The number of methoxy groups -OCH3 is 1. The van der Waals surface area contributed by atoms with E-state index in [1.807, 2.05) is 24.3 Å². The Morgan fingerprint density at radius 3 is 2.38 bits per heavy atom. The molecule has 0 unspecified atom stereocenters. The first-order valence-electron chi connectivity index (χ1n) is 8.83. The third-order valence-electron chi connectivity index (χ3n) is 4.79. The van der Waals surface area contributed by atoms with Crippen molar-refractivity contribution in [2.75, 3.05) is 12.1 Å². The number of para-hydroxylation sites is 1. The summed E-state index contributed by atoms with van der Waals surface area (Å²) in [6.07, 6.45) is -1.52. The molecule has 3 aromatic carbocycles. The van der Waals surface area contributed by atoms with E-state index >= 15 is 0 Å². The van der Waals surface area contributed by atoms with Gasteiger partial charge in [0.15, 0.2) is 5.71 Å². The summed E-state index contributed by atoms with van der Waals surface area (Å²) in [5, 5.41) is 6.98. The van der Waals surface area contributed by atoms with Crippen LogP contribution in [0.25, 0.3) is 10.8 Å². The SMILES string of the molecule is COc1ccccc1[C@@H]1C=CN(c2ccc(Br)c3ccccc23)N=C1C(F)(F)F. The number of anilines is 1. The van der Waals surface area contributed by atoms with E-state index in [0.29, 0.717) is 17.0 Å². The molecule has 1 atom stereocenters. The van der Waals surface area contributed by atoms with Crippen LogP contribution in [-0.4, -0.2) is 19.0 Å². The summed E-state index contributed by atoms with van der Waals surface area (Å²) in [7, 11) is 1.44. The van der Waals surface area contributed by atoms with Crippen LogP contribution in [0.3, 0.4) is 0 Å². The maximum atomic E-state index is 13.9. The molecular weight excluding hydrogens is 445 g/mol. The third-order valence-corrected chi connectivity index (χ3v) is 5.48.